The minimum atomic E-state index is 0.0198. The van der Waals surface area contributed by atoms with Crippen LogP contribution in [-0.2, 0) is 4.79 Å². The number of ether oxygens (including phenoxy) is 1. The first-order valence-corrected chi connectivity index (χ1v) is 4.90. The van der Waals surface area contributed by atoms with Gasteiger partial charge in [-0.2, -0.15) is 0 Å². The molecule has 1 heterocycles. The van der Waals surface area contributed by atoms with E-state index in [9.17, 15) is 4.79 Å². The van der Waals surface area contributed by atoms with Crippen molar-refractivity contribution in [1.82, 2.24) is 5.32 Å². The molecule has 0 fully saturated rings. The van der Waals surface area contributed by atoms with Gasteiger partial charge < -0.3 is 15.4 Å². The smallest absolute Gasteiger partial charge is 0.226 e. The zero-order chi connectivity index (χ0) is 10.8. The van der Waals surface area contributed by atoms with E-state index in [1.807, 2.05) is 25.2 Å². The molecule has 0 aromatic heterocycles. The highest BCUT2D eigenvalue weighted by Crippen LogP contribution is 2.36. The average Bonchev–Trinajstić information content (AvgIpc) is 2.27. The molecule has 1 aliphatic rings. The molecular weight excluding hydrogens is 192 g/mol. The number of benzene rings is 1. The lowest BCUT2D eigenvalue weighted by Crippen LogP contribution is -2.29. The van der Waals surface area contributed by atoms with Crippen molar-refractivity contribution in [1.29, 1.82) is 0 Å². The number of nitrogens with one attached hydrogen (secondary N) is 2. The van der Waals surface area contributed by atoms with Gasteiger partial charge in [0.2, 0.25) is 5.91 Å². The molecule has 15 heavy (non-hydrogen) atoms. The van der Waals surface area contributed by atoms with E-state index in [2.05, 4.69) is 10.6 Å². The molecule has 0 saturated carbocycles. The Morgan fingerprint density at radius 1 is 1.53 bits per heavy atom. The number of carbonyl (C=O) groups is 1. The van der Waals surface area contributed by atoms with Crippen LogP contribution in [-0.4, -0.2) is 20.1 Å². The van der Waals surface area contributed by atoms with Gasteiger partial charge in [-0.25, -0.2) is 0 Å². The summed E-state index contributed by atoms with van der Waals surface area (Å²) in [7, 11) is 3.46. The van der Waals surface area contributed by atoms with Crippen LogP contribution >= 0.6 is 0 Å². The Balaban J connectivity index is 2.49. The number of hydrogen-bond donors (Lipinski definition) is 2. The van der Waals surface area contributed by atoms with Crippen molar-refractivity contribution >= 4 is 11.6 Å². The van der Waals surface area contributed by atoms with Crippen LogP contribution in [0.1, 0.15) is 18.0 Å². The molecule has 1 amide bonds. The summed E-state index contributed by atoms with van der Waals surface area (Å²) in [6, 6.07) is 5.85. The predicted octanol–water partition coefficient (Wildman–Crippen LogP) is 1.30. The zero-order valence-electron chi connectivity index (χ0n) is 8.83. The number of fused-ring (bicyclic) bond motifs is 1. The second-order valence-corrected chi connectivity index (χ2v) is 3.52. The predicted molar refractivity (Wildman–Crippen MR) is 58.0 cm³/mol. The Morgan fingerprint density at radius 3 is 3.00 bits per heavy atom. The Hall–Kier alpha value is -1.55. The van der Waals surface area contributed by atoms with Gasteiger partial charge in [0.05, 0.1) is 12.8 Å². The van der Waals surface area contributed by atoms with Crippen LogP contribution in [0.5, 0.6) is 5.75 Å². The maximum Gasteiger partial charge on any atom is 0.226 e. The topological polar surface area (TPSA) is 50.4 Å². The minimum absolute atomic E-state index is 0.0198. The number of hydrogen-bond acceptors (Lipinski definition) is 3. The lowest BCUT2D eigenvalue weighted by Gasteiger charge is -2.26. The first kappa shape index (κ1) is 9.98. The van der Waals surface area contributed by atoms with E-state index in [4.69, 9.17) is 4.74 Å². The van der Waals surface area contributed by atoms with E-state index in [1.54, 1.807) is 7.11 Å². The summed E-state index contributed by atoms with van der Waals surface area (Å²) in [5.41, 5.74) is 1.87. The third kappa shape index (κ3) is 1.68. The van der Waals surface area contributed by atoms with Gasteiger partial charge in [-0.3, -0.25) is 4.79 Å². The molecule has 1 aromatic carbocycles. The first-order chi connectivity index (χ1) is 7.26. The van der Waals surface area contributed by atoms with Gasteiger partial charge in [-0.1, -0.05) is 12.1 Å². The number of para-hydroxylation sites is 1. The van der Waals surface area contributed by atoms with Gasteiger partial charge in [-0.15, -0.1) is 0 Å². The van der Waals surface area contributed by atoms with E-state index >= 15 is 0 Å². The molecule has 0 saturated heterocycles. The zero-order valence-corrected chi connectivity index (χ0v) is 8.83. The average molecular weight is 206 g/mol. The van der Waals surface area contributed by atoms with Crippen LogP contribution in [0.15, 0.2) is 18.2 Å². The van der Waals surface area contributed by atoms with Crippen LogP contribution in [0.3, 0.4) is 0 Å². The molecule has 4 nitrogen and oxygen atoms in total. The van der Waals surface area contributed by atoms with Crippen molar-refractivity contribution in [2.75, 3.05) is 19.5 Å². The van der Waals surface area contributed by atoms with Crippen molar-refractivity contribution in [2.24, 2.45) is 0 Å². The van der Waals surface area contributed by atoms with Gasteiger partial charge in [-0.05, 0) is 18.7 Å². The maximum atomic E-state index is 11.5. The molecule has 2 N–H and O–H groups in total. The van der Waals surface area contributed by atoms with Gasteiger partial charge in [0, 0.05) is 12.5 Å². The third-order valence-electron chi connectivity index (χ3n) is 2.66. The highest BCUT2D eigenvalue weighted by molar-refractivity contribution is 5.96. The number of carbonyl (C=O) groups excluding carboxylic acids is 1. The lowest BCUT2D eigenvalue weighted by molar-refractivity contribution is -0.117. The number of methoxy groups -OCH3 is 1. The Bertz CT molecular complexity index is 390. The lowest BCUT2D eigenvalue weighted by atomic mass is 9.97. The van der Waals surface area contributed by atoms with Crippen molar-refractivity contribution in [2.45, 2.75) is 12.5 Å². The second-order valence-electron chi connectivity index (χ2n) is 3.52. The monoisotopic (exact) mass is 206 g/mol. The van der Waals surface area contributed by atoms with E-state index in [-0.39, 0.29) is 11.9 Å². The minimum Gasteiger partial charge on any atom is -0.495 e. The summed E-state index contributed by atoms with van der Waals surface area (Å²) in [6.07, 6.45) is 0.469. The summed E-state index contributed by atoms with van der Waals surface area (Å²) >= 11 is 0. The van der Waals surface area contributed by atoms with Crippen LogP contribution in [0, 0.1) is 0 Å². The van der Waals surface area contributed by atoms with Crippen molar-refractivity contribution in [3.8, 4) is 5.75 Å². The van der Waals surface area contributed by atoms with Crippen LogP contribution in [0.2, 0.25) is 0 Å². The van der Waals surface area contributed by atoms with Crippen LogP contribution in [0.4, 0.5) is 5.69 Å². The Labute approximate surface area is 88.6 Å². The Morgan fingerprint density at radius 2 is 2.33 bits per heavy atom. The van der Waals surface area contributed by atoms with E-state index < -0.39 is 0 Å². The quantitative estimate of drug-likeness (QED) is 0.766. The molecule has 1 atom stereocenters. The normalized spacial score (nSPS) is 19.3. The molecule has 80 valence electrons. The molecule has 4 heteroatoms. The van der Waals surface area contributed by atoms with Gasteiger partial charge in [0.1, 0.15) is 5.75 Å². The fourth-order valence-electron chi connectivity index (χ4n) is 1.89. The SMILES string of the molecule is CNC1CC(=O)Nc2c(OC)cccc21. The molecule has 1 unspecified atom stereocenters. The van der Waals surface area contributed by atoms with Gasteiger partial charge in [0.25, 0.3) is 0 Å². The summed E-state index contributed by atoms with van der Waals surface area (Å²) in [5.74, 6) is 0.729. The van der Waals surface area contributed by atoms with E-state index in [0.717, 1.165) is 11.3 Å². The second kappa shape index (κ2) is 3.90. The highest BCUT2D eigenvalue weighted by atomic mass is 16.5. The number of amides is 1. The summed E-state index contributed by atoms with van der Waals surface area (Å²) in [6.45, 7) is 0. The maximum absolute atomic E-state index is 11.5. The molecule has 1 aromatic rings. The fourth-order valence-corrected chi connectivity index (χ4v) is 1.89. The molecule has 0 aliphatic carbocycles. The van der Waals surface area contributed by atoms with Crippen molar-refractivity contribution in [3.63, 3.8) is 0 Å². The van der Waals surface area contributed by atoms with Crippen molar-refractivity contribution in [3.05, 3.63) is 23.8 Å². The van der Waals surface area contributed by atoms with Gasteiger partial charge in [0.15, 0.2) is 0 Å². The van der Waals surface area contributed by atoms with E-state index in [0.29, 0.717) is 12.2 Å². The van der Waals surface area contributed by atoms with E-state index in [1.165, 1.54) is 0 Å². The molecule has 1 aliphatic heterocycles. The third-order valence-corrected chi connectivity index (χ3v) is 2.66. The molecule has 2 rings (SSSR count). The molecule has 0 spiro atoms. The number of anilines is 1. The van der Waals surface area contributed by atoms with Crippen LogP contribution < -0.4 is 15.4 Å². The van der Waals surface area contributed by atoms with Crippen LogP contribution in [0.25, 0.3) is 0 Å². The summed E-state index contributed by atoms with van der Waals surface area (Å²) in [5, 5.41) is 5.97. The molecular formula is C11H14N2O2. The highest BCUT2D eigenvalue weighted by Gasteiger charge is 2.25. The molecule has 0 bridgehead atoms. The molecule has 0 radical (unpaired) electrons. The summed E-state index contributed by atoms with van der Waals surface area (Å²) in [4.78, 5) is 11.5. The standard InChI is InChI=1S/C11H14N2O2/c1-12-8-6-10(14)13-11-7(8)4-3-5-9(11)15-2/h3-5,8,12H,6H2,1-2H3,(H,13,14). The largest absolute Gasteiger partial charge is 0.495 e. The number of rotatable bonds is 2. The van der Waals surface area contributed by atoms with Crippen molar-refractivity contribution < 1.29 is 9.53 Å². The van der Waals surface area contributed by atoms with Gasteiger partial charge >= 0.3 is 0 Å². The first-order valence-electron chi connectivity index (χ1n) is 4.90. The Kier molecular flexibility index (Phi) is 2.60. The fraction of sp³-hybridized carbons (Fsp3) is 0.364. The summed E-state index contributed by atoms with van der Waals surface area (Å²) < 4.78 is 5.21.